The molecule has 5 N–H and O–H groups in total. The summed E-state index contributed by atoms with van der Waals surface area (Å²) < 4.78 is 0. The number of hydrogen-bond acceptors (Lipinski definition) is 7. The van der Waals surface area contributed by atoms with Crippen molar-refractivity contribution in [1.82, 2.24) is 15.5 Å². The summed E-state index contributed by atoms with van der Waals surface area (Å²) in [6, 6.07) is -1.15. The highest BCUT2D eigenvalue weighted by Gasteiger charge is 2.46. The Hall–Kier alpha value is -2.78. The Morgan fingerprint density at radius 3 is 2.53 bits per heavy atom. The minimum absolute atomic E-state index is 0.0630. The average Bonchev–Trinajstić information content (AvgIpc) is 2.86. The second-order valence-corrected chi connectivity index (χ2v) is 8.09. The lowest BCUT2D eigenvalue weighted by atomic mass is 10.2. The molecule has 11 nitrogen and oxygen atoms in total. The highest BCUT2D eigenvalue weighted by molar-refractivity contribution is 8.00. The van der Waals surface area contributed by atoms with Gasteiger partial charge in [0.15, 0.2) is 0 Å². The van der Waals surface area contributed by atoms with Crippen LogP contribution in [-0.2, 0) is 24.0 Å². The fourth-order valence-electron chi connectivity index (χ4n) is 2.78. The van der Waals surface area contributed by atoms with Crippen LogP contribution in [-0.4, -0.2) is 85.7 Å². The summed E-state index contributed by atoms with van der Waals surface area (Å²) in [6.45, 7) is 0.720. The highest BCUT2D eigenvalue weighted by atomic mass is 32.2. The lowest BCUT2D eigenvalue weighted by Gasteiger charge is -2.27. The summed E-state index contributed by atoms with van der Waals surface area (Å²) in [6.07, 6.45) is 5.01. The normalized spacial score (nSPS) is 21.6. The molecule has 30 heavy (non-hydrogen) atoms. The summed E-state index contributed by atoms with van der Waals surface area (Å²) in [5, 5.41) is 31.6. The van der Waals surface area contributed by atoms with E-state index in [1.54, 1.807) is 0 Å². The first-order chi connectivity index (χ1) is 14.0. The van der Waals surface area contributed by atoms with Gasteiger partial charge < -0.3 is 30.9 Å². The predicted molar refractivity (Wildman–Crippen MR) is 106 cm³/mol. The van der Waals surface area contributed by atoms with Crippen LogP contribution >= 0.6 is 11.8 Å². The maximum absolute atomic E-state index is 12.5. The third-order valence-corrected chi connectivity index (χ3v) is 5.57. The van der Waals surface area contributed by atoms with Crippen molar-refractivity contribution in [2.45, 2.75) is 49.6 Å². The second kappa shape index (κ2) is 11.4. The van der Waals surface area contributed by atoms with E-state index in [0.29, 0.717) is 0 Å². The van der Waals surface area contributed by atoms with Crippen molar-refractivity contribution in [2.24, 2.45) is 0 Å². The van der Waals surface area contributed by atoms with Crippen molar-refractivity contribution in [3.63, 3.8) is 0 Å². The molecule has 3 atom stereocenters. The molecule has 1 aliphatic rings. The minimum atomic E-state index is -1.44. The van der Waals surface area contributed by atoms with Crippen LogP contribution < -0.4 is 10.6 Å². The number of rotatable bonds is 12. The predicted octanol–water partition coefficient (Wildman–Crippen LogP) is -1.40. The van der Waals surface area contributed by atoms with Gasteiger partial charge in [0.05, 0.1) is 11.8 Å². The zero-order valence-corrected chi connectivity index (χ0v) is 17.2. The van der Waals surface area contributed by atoms with E-state index in [2.05, 4.69) is 16.6 Å². The summed E-state index contributed by atoms with van der Waals surface area (Å²) in [5.41, 5.74) is -1.44. The topological polar surface area (TPSA) is 173 Å². The van der Waals surface area contributed by atoms with Gasteiger partial charge >= 0.3 is 11.9 Å². The Bertz CT molecular complexity index is 733. The van der Waals surface area contributed by atoms with Crippen LogP contribution in [0.25, 0.3) is 0 Å². The molecule has 0 aromatic carbocycles. The molecule has 1 heterocycles. The maximum Gasteiger partial charge on any atom is 0.322 e. The molecule has 0 aliphatic carbocycles. The number of carboxylic acid groups (broad SMARTS) is 2. The molecule has 166 valence electrons. The first kappa shape index (κ1) is 25.3. The third kappa shape index (κ3) is 7.92. The Morgan fingerprint density at radius 2 is 1.97 bits per heavy atom. The third-order valence-electron chi connectivity index (χ3n) is 4.27. The number of hydrogen-bond donors (Lipinski definition) is 5. The number of aliphatic carboxylic acids is 2. The molecule has 1 saturated heterocycles. The van der Waals surface area contributed by atoms with E-state index < -0.39 is 53.2 Å². The van der Waals surface area contributed by atoms with Gasteiger partial charge in [0.2, 0.25) is 17.7 Å². The number of amides is 3. The molecule has 1 aliphatic heterocycles. The number of nitrogens with one attached hydrogen (secondary N) is 2. The molecule has 0 bridgehead atoms. The Morgan fingerprint density at radius 1 is 1.30 bits per heavy atom. The molecule has 0 aromatic rings. The molecule has 0 saturated carbocycles. The van der Waals surface area contributed by atoms with Crippen molar-refractivity contribution < 1.29 is 39.3 Å². The summed E-state index contributed by atoms with van der Waals surface area (Å²) in [5.74, 6) is -1.83. The van der Waals surface area contributed by atoms with Gasteiger partial charge in [0.25, 0.3) is 0 Å². The van der Waals surface area contributed by atoms with Gasteiger partial charge in [-0.2, -0.15) is 0 Å². The summed E-state index contributed by atoms with van der Waals surface area (Å²) in [4.78, 5) is 59.1. The lowest BCUT2D eigenvalue weighted by molar-refractivity contribution is -0.140. The first-order valence-electron chi connectivity index (χ1n) is 9.07. The number of carboxylic acids is 2. The molecule has 1 rings (SSSR count). The van der Waals surface area contributed by atoms with Crippen molar-refractivity contribution >= 4 is 41.4 Å². The molecule has 3 amide bonds. The smallest absolute Gasteiger partial charge is 0.322 e. The van der Waals surface area contributed by atoms with E-state index in [1.165, 1.54) is 6.92 Å². The number of likely N-dealkylation sites (tertiary alicyclic amines) is 1. The number of carbonyl (C=O) groups excluding carboxylic acids is 3. The number of thioether (sulfide) groups is 1. The molecule has 12 heteroatoms. The summed E-state index contributed by atoms with van der Waals surface area (Å²) >= 11 is 1.03. The van der Waals surface area contributed by atoms with Crippen LogP contribution in [0, 0.1) is 12.3 Å². The van der Waals surface area contributed by atoms with Crippen LogP contribution in [0.15, 0.2) is 0 Å². The van der Waals surface area contributed by atoms with Crippen molar-refractivity contribution in [1.29, 1.82) is 0 Å². The maximum atomic E-state index is 12.5. The SMILES string of the molecule is C#CCN1C(=O)C(SCC(NC(=O)CCCC(=O)O)C(=O)NCC(=O)O)CC1(C)O. The van der Waals surface area contributed by atoms with Crippen molar-refractivity contribution in [3.05, 3.63) is 0 Å². The Balaban J connectivity index is 2.75. The van der Waals surface area contributed by atoms with Gasteiger partial charge in [-0.3, -0.25) is 24.0 Å². The summed E-state index contributed by atoms with van der Waals surface area (Å²) in [7, 11) is 0. The van der Waals surface area contributed by atoms with Crippen molar-refractivity contribution in [3.8, 4) is 12.3 Å². The minimum Gasteiger partial charge on any atom is -0.481 e. The van der Waals surface area contributed by atoms with Crippen molar-refractivity contribution in [2.75, 3.05) is 18.8 Å². The van der Waals surface area contributed by atoms with Crippen LogP contribution in [0.4, 0.5) is 0 Å². The van der Waals surface area contributed by atoms with E-state index in [9.17, 15) is 29.1 Å². The van der Waals surface area contributed by atoms with E-state index in [-0.39, 0.29) is 38.0 Å². The molecular formula is C18H25N3O8S. The van der Waals surface area contributed by atoms with E-state index in [0.717, 1.165) is 16.7 Å². The van der Waals surface area contributed by atoms with Gasteiger partial charge in [-0.15, -0.1) is 18.2 Å². The molecular weight excluding hydrogens is 418 g/mol. The molecule has 0 radical (unpaired) electrons. The number of carbonyl (C=O) groups is 5. The van der Waals surface area contributed by atoms with Crippen LogP contribution in [0.5, 0.6) is 0 Å². The fraction of sp³-hybridized carbons (Fsp3) is 0.611. The fourth-order valence-corrected chi connectivity index (χ4v) is 4.14. The molecule has 3 unspecified atom stereocenters. The van der Waals surface area contributed by atoms with Crippen LogP contribution in [0.2, 0.25) is 0 Å². The lowest BCUT2D eigenvalue weighted by Crippen LogP contribution is -2.49. The average molecular weight is 443 g/mol. The number of aliphatic hydroxyl groups is 1. The largest absolute Gasteiger partial charge is 0.481 e. The zero-order chi connectivity index (χ0) is 22.9. The second-order valence-electron chi connectivity index (χ2n) is 6.85. The first-order valence-corrected chi connectivity index (χ1v) is 10.1. The van der Waals surface area contributed by atoms with Gasteiger partial charge in [-0.25, -0.2) is 0 Å². The Labute approximate surface area is 177 Å². The Kier molecular flexibility index (Phi) is 9.61. The molecule has 0 spiro atoms. The number of terminal acetylenes is 1. The van der Waals surface area contributed by atoms with Gasteiger partial charge in [-0.05, 0) is 13.3 Å². The monoisotopic (exact) mass is 443 g/mol. The van der Waals surface area contributed by atoms with E-state index in [1.807, 2.05) is 0 Å². The van der Waals surface area contributed by atoms with E-state index >= 15 is 0 Å². The van der Waals surface area contributed by atoms with Gasteiger partial charge in [0, 0.05) is 25.0 Å². The van der Waals surface area contributed by atoms with E-state index in [4.69, 9.17) is 16.6 Å². The quantitative estimate of drug-likeness (QED) is 0.227. The number of nitrogens with zero attached hydrogens (tertiary/aromatic N) is 1. The van der Waals surface area contributed by atoms with Crippen LogP contribution in [0.3, 0.4) is 0 Å². The van der Waals surface area contributed by atoms with Gasteiger partial charge in [-0.1, -0.05) is 5.92 Å². The molecule has 1 fully saturated rings. The van der Waals surface area contributed by atoms with Crippen LogP contribution in [0.1, 0.15) is 32.6 Å². The highest BCUT2D eigenvalue weighted by Crippen LogP contribution is 2.34. The standard InChI is InChI=1S/C18H25N3O8S/c1-3-7-21-17(28)12(8-18(21,2)29)30-10-11(16(27)19-9-15(25)26)20-13(22)5-4-6-14(23)24/h1,11-12,29H,4-10H2,2H3,(H,19,27)(H,20,22)(H,23,24)(H,25,26). The van der Waals surface area contributed by atoms with Gasteiger partial charge in [0.1, 0.15) is 18.3 Å². The molecule has 0 aromatic heterocycles. The zero-order valence-electron chi connectivity index (χ0n) is 16.4.